The molecular formula is C9H18N2O3. The van der Waals surface area contributed by atoms with Crippen molar-refractivity contribution in [2.24, 2.45) is 5.73 Å². The fourth-order valence-electron chi connectivity index (χ4n) is 0.671. The molecule has 0 heterocycles. The largest absolute Gasteiger partial charge is 0.368 e. The van der Waals surface area contributed by atoms with E-state index in [9.17, 15) is 9.59 Å². The molecular weight excluding hydrogens is 184 g/mol. The summed E-state index contributed by atoms with van der Waals surface area (Å²) in [6.45, 7) is 8.38. The number of rotatable bonds is 4. The second kappa shape index (κ2) is 3.96. The van der Waals surface area contributed by atoms with Crippen LogP contribution in [0.4, 0.5) is 0 Å². The number of hydroxylamine groups is 2. The lowest BCUT2D eigenvalue weighted by molar-refractivity contribution is -0.246. The first-order valence-electron chi connectivity index (χ1n) is 4.35. The maximum atomic E-state index is 11.0. The minimum Gasteiger partial charge on any atom is -0.368 e. The molecule has 0 aliphatic heterocycles. The summed E-state index contributed by atoms with van der Waals surface area (Å²) in [6, 6.07) is 0. The van der Waals surface area contributed by atoms with Gasteiger partial charge in [-0.05, 0) is 34.6 Å². The molecule has 0 rings (SSSR count). The molecule has 82 valence electrons. The Kier molecular flexibility index (Phi) is 3.65. The molecule has 0 bridgehead atoms. The average molecular weight is 202 g/mol. The van der Waals surface area contributed by atoms with Crippen molar-refractivity contribution in [1.82, 2.24) is 5.06 Å². The minimum atomic E-state index is -1.14. The van der Waals surface area contributed by atoms with Gasteiger partial charge in [-0.15, -0.1) is 0 Å². The standard InChI is InChI=1S/C9H18N2O3/c1-8(2,3)14-11(6-12)9(4,5)7(10)13/h6H,1-5H3,(H2,10,13). The smallest absolute Gasteiger partial charge is 0.245 e. The van der Waals surface area contributed by atoms with E-state index in [0.717, 1.165) is 5.06 Å². The van der Waals surface area contributed by atoms with E-state index in [2.05, 4.69) is 0 Å². The Bertz CT molecular complexity index is 231. The second-order valence-electron chi connectivity index (χ2n) is 4.56. The molecule has 5 heteroatoms. The molecule has 0 saturated heterocycles. The van der Waals surface area contributed by atoms with Crippen LogP contribution >= 0.6 is 0 Å². The van der Waals surface area contributed by atoms with E-state index in [-0.39, 0.29) is 0 Å². The number of hydrogen-bond acceptors (Lipinski definition) is 3. The van der Waals surface area contributed by atoms with Gasteiger partial charge < -0.3 is 5.73 Å². The summed E-state index contributed by atoms with van der Waals surface area (Å²) in [5.74, 6) is -0.617. The van der Waals surface area contributed by atoms with Gasteiger partial charge in [-0.25, -0.2) is 5.06 Å². The molecule has 0 aromatic rings. The van der Waals surface area contributed by atoms with Gasteiger partial charge >= 0.3 is 0 Å². The van der Waals surface area contributed by atoms with Crippen molar-refractivity contribution < 1.29 is 14.4 Å². The molecule has 5 nitrogen and oxygen atoms in total. The lowest BCUT2D eigenvalue weighted by Gasteiger charge is -2.36. The van der Waals surface area contributed by atoms with E-state index >= 15 is 0 Å². The molecule has 0 aliphatic rings. The van der Waals surface area contributed by atoms with Crippen LogP contribution in [0.2, 0.25) is 0 Å². The summed E-state index contributed by atoms with van der Waals surface area (Å²) in [7, 11) is 0. The van der Waals surface area contributed by atoms with Gasteiger partial charge in [-0.3, -0.25) is 14.4 Å². The first-order chi connectivity index (χ1) is 6.11. The van der Waals surface area contributed by atoms with Crippen LogP contribution in [0.5, 0.6) is 0 Å². The third kappa shape index (κ3) is 3.33. The summed E-state index contributed by atoms with van der Waals surface area (Å²) in [6.07, 6.45) is 0.454. The van der Waals surface area contributed by atoms with Crippen LogP contribution in [-0.4, -0.2) is 28.5 Å². The predicted molar refractivity (Wildman–Crippen MR) is 52.0 cm³/mol. The van der Waals surface area contributed by atoms with E-state index in [4.69, 9.17) is 10.6 Å². The quantitative estimate of drug-likeness (QED) is 0.531. The zero-order valence-electron chi connectivity index (χ0n) is 9.33. The van der Waals surface area contributed by atoms with Crippen molar-refractivity contribution in [3.8, 4) is 0 Å². The number of primary amides is 1. The highest BCUT2D eigenvalue weighted by Gasteiger charge is 2.35. The van der Waals surface area contributed by atoms with Crippen molar-refractivity contribution in [2.75, 3.05) is 0 Å². The lowest BCUT2D eigenvalue weighted by Crippen LogP contribution is -2.54. The highest BCUT2D eigenvalue weighted by Crippen LogP contribution is 2.18. The molecule has 0 atom stereocenters. The molecule has 0 spiro atoms. The van der Waals surface area contributed by atoms with Crippen molar-refractivity contribution in [1.29, 1.82) is 0 Å². The Balaban J connectivity index is 4.73. The maximum absolute atomic E-state index is 11.0. The summed E-state index contributed by atoms with van der Waals surface area (Å²) < 4.78 is 0. The Morgan fingerprint density at radius 1 is 1.29 bits per heavy atom. The SMILES string of the molecule is CC(C)(C)ON(C=O)C(C)(C)C(N)=O. The molecule has 0 unspecified atom stereocenters. The number of nitrogens with zero attached hydrogens (tertiary/aromatic N) is 1. The van der Waals surface area contributed by atoms with Crippen LogP contribution in [0.3, 0.4) is 0 Å². The maximum Gasteiger partial charge on any atom is 0.245 e. The van der Waals surface area contributed by atoms with Crippen molar-refractivity contribution in [2.45, 2.75) is 45.8 Å². The van der Waals surface area contributed by atoms with Gasteiger partial charge in [0, 0.05) is 0 Å². The van der Waals surface area contributed by atoms with E-state index in [1.165, 1.54) is 13.8 Å². The zero-order chi connectivity index (χ0) is 11.6. The topological polar surface area (TPSA) is 72.6 Å². The summed E-state index contributed by atoms with van der Waals surface area (Å²) in [4.78, 5) is 27.1. The molecule has 0 aromatic heterocycles. The summed E-state index contributed by atoms with van der Waals surface area (Å²) in [5.41, 5.74) is 3.45. The van der Waals surface area contributed by atoms with Crippen LogP contribution in [0.25, 0.3) is 0 Å². The van der Waals surface area contributed by atoms with Crippen molar-refractivity contribution in [3.05, 3.63) is 0 Å². The third-order valence-electron chi connectivity index (χ3n) is 1.62. The van der Waals surface area contributed by atoms with E-state index < -0.39 is 17.0 Å². The highest BCUT2D eigenvalue weighted by atomic mass is 16.7. The van der Waals surface area contributed by atoms with Gasteiger partial charge in [0.05, 0.1) is 5.60 Å². The molecule has 2 N–H and O–H groups in total. The van der Waals surface area contributed by atoms with Gasteiger partial charge in [-0.2, -0.15) is 0 Å². The van der Waals surface area contributed by atoms with Crippen LogP contribution in [0.15, 0.2) is 0 Å². The monoisotopic (exact) mass is 202 g/mol. The molecule has 0 saturated carbocycles. The molecule has 2 amide bonds. The Morgan fingerprint density at radius 3 is 1.93 bits per heavy atom. The summed E-state index contributed by atoms with van der Waals surface area (Å²) >= 11 is 0. The first-order valence-corrected chi connectivity index (χ1v) is 4.35. The number of amides is 2. The first kappa shape index (κ1) is 12.9. The van der Waals surface area contributed by atoms with E-state index in [1.54, 1.807) is 20.8 Å². The third-order valence-corrected chi connectivity index (χ3v) is 1.62. The molecule has 0 fully saturated rings. The van der Waals surface area contributed by atoms with Crippen LogP contribution in [-0.2, 0) is 14.4 Å². The normalized spacial score (nSPS) is 12.4. The Labute approximate surface area is 84.1 Å². The fraction of sp³-hybridized carbons (Fsp3) is 0.778. The Morgan fingerprint density at radius 2 is 1.71 bits per heavy atom. The van der Waals surface area contributed by atoms with Crippen LogP contribution in [0, 0.1) is 0 Å². The van der Waals surface area contributed by atoms with E-state index in [0.29, 0.717) is 6.41 Å². The average Bonchev–Trinajstić information content (AvgIpc) is 1.97. The van der Waals surface area contributed by atoms with E-state index in [1.807, 2.05) is 0 Å². The van der Waals surface area contributed by atoms with Crippen molar-refractivity contribution in [3.63, 3.8) is 0 Å². The van der Waals surface area contributed by atoms with Crippen LogP contribution < -0.4 is 5.73 Å². The highest BCUT2D eigenvalue weighted by molar-refractivity contribution is 5.85. The number of carbonyl (C=O) groups is 2. The number of hydrogen-bond donors (Lipinski definition) is 1. The number of nitrogens with two attached hydrogens (primary N) is 1. The van der Waals surface area contributed by atoms with Gasteiger partial charge in [0.25, 0.3) is 0 Å². The number of carbonyl (C=O) groups excluding carboxylic acids is 2. The summed E-state index contributed by atoms with van der Waals surface area (Å²) in [5, 5.41) is 0.940. The second-order valence-corrected chi connectivity index (χ2v) is 4.56. The van der Waals surface area contributed by atoms with Gasteiger partial charge in [-0.1, -0.05) is 0 Å². The van der Waals surface area contributed by atoms with Crippen LogP contribution in [0.1, 0.15) is 34.6 Å². The molecule has 0 radical (unpaired) electrons. The molecule has 0 aliphatic carbocycles. The fourth-order valence-corrected chi connectivity index (χ4v) is 0.671. The van der Waals surface area contributed by atoms with Gasteiger partial charge in [0.15, 0.2) is 0 Å². The van der Waals surface area contributed by atoms with Crippen molar-refractivity contribution >= 4 is 12.3 Å². The minimum absolute atomic E-state index is 0.454. The van der Waals surface area contributed by atoms with Gasteiger partial charge in [0.2, 0.25) is 12.3 Å². The molecule has 14 heavy (non-hydrogen) atoms. The molecule has 0 aromatic carbocycles. The lowest BCUT2D eigenvalue weighted by atomic mass is 10.1. The Hall–Kier alpha value is -1.10. The zero-order valence-corrected chi connectivity index (χ0v) is 9.33. The van der Waals surface area contributed by atoms with Gasteiger partial charge in [0.1, 0.15) is 5.54 Å². The predicted octanol–water partition coefficient (Wildman–Crippen LogP) is 0.439.